The molecule has 0 spiro atoms. The van der Waals surface area contributed by atoms with Crippen LogP contribution in [-0.4, -0.2) is 36.9 Å². The number of benzene rings is 2. The van der Waals surface area contributed by atoms with E-state index in [4.69, 9.17) is 0 Å². The van der Waals surface area contributed by atoms with Crippen LogP contribution in [0.5, 0.6) is 0 Å². The van der Waals surface area contributed by atoms with Gasteiger partial charge in [0.05, 0.1) is 10.3 Å². The van der Waals surface area contributed by atoms with Crippen molar-refractivity contribution in [3.63, 3.8) is 0 Å². The molecule has 0 aliphatic carbocycles. The Kier molecular flexibility index (Phi) is 3.98. The molecule has 0 aromatic heterocycles. The molecule has 2 aromatic carbocycles. The van der Waals surface area contributed by atoms with Gasteiger partial charge in [0.2, 0.25) is 10.0 Å². The van der Waals surface area contributed by atoms with E-state index in [1.165, 1.54) is 4.31 Å². The van der Waals surface area contributed by atoms with Crippen LogP contribution in [0.15, 0.2) is 45.8 Å². The first kappa shape index (κ1) is 16.4. The molecule has 1 aliphatic heterocycles. The maximum atomic E-state index is 12.8. The number of hydrogen-bond donors (Lipinski definition) is 1. The molecule has 1 fully saturated rings. The highest BCUT2D eigenvalue weighted by atomic mass is 79.9. The molecular weight excluding hydrogens is 382 g/mol. The summed E-state index contributed by atoms with van der Waals surface area (Å²) >= 11 is 3.39. The first-order valence-corrected chi connectivity index (χ1v) is 9.39. The lowest BCUT2D eigenvalue weighted by atomic mass is 9.90. The molecule has 122 valence electrons. The number of rotatable bonds is 3. The van der Waals surface area contributed by atoms with Gasteiger partial charge in [-0.3, -0.25) is 4.79 Å². The molecule has 1 aliphatic rings. The highest BCUT2D eigenvalue weighted by molar-refractivity contribution is 9.10. The molecule has 0 radical (unpaired) electrons. The third-order valence-corrected chi connectivity index (χ3v) is 6.70. The van der Waals surface area contributed by atoms with E-state index in [2.05, 4.69) is 15.9 Å². The minimum atomic E-state index is -3.69. The van der Waals surface area contributed by atoms with Gasteiger partial charge in [-0.15, -0.1) is 0 Å². The number of carbonyl (C=O) groups is 1. The molecular formula is C16H16BrNO4S. The largest absolute Gasteiger partial charge is 0.481 e. The average Bonchev–Trinajstić information content (AvgIpc) is 2.91. The van der Waals surface area contributed by atoms with Crippen LogP contribution in [0.2, 0.25) is 0 Å². The number of hydrogen-bond acceptors (Lipinski definition) is 3. The van der Waals surface area contributed by atoms with E-state index in [0.717, 1.165) is 15.2 Å². The highest BCUT2D eigenvalue weighted by Crippen LogP contribution is 2.34. The van der Waals surface area contributed by atoms with Crippen molar-refractivity contribution in [3.05, 3.63) is 40.9 Å². The van der Waals surface area contributed by atoms with Crippen molar-refractivity contribution in [2.24, 2.45) is 5.41 Å². The van der Waals surface area contributed by atoms with E-state index in [1.54, 1.807) is 25.1 Å². The molecule has 3 rings (SSSR count). The van der Waals surface area contributed by atoms with Gasteiger partial charge < -0.3 is 5.11 Å². The Morgan fingerprint density at radius 2 is 1.87 bits per heavy atom. The van der Waals surface area contributed by atoms with E-state index >= 15 is 0 Å². The topological polar surface area (TPSA) is 74.7 Å². The van der Waals surface area contributed by atoms with Gasteiger partial charge in [0.25, 0.3) is 0 Å². The maximum absolute atomic E-state index is 12.8. The van der Waals surface area contributed by atoms with Crippen molar-refractivity contribution in [3.8, 4) is 0 Å². The minimum Gasteiger partial charge on any atom is -0.481 e. The predicted octanol–water partition coefficient (Wildman–Crippen LogP) is 3.09. The van der Waals surface area contributed by atoms with Crippen molar-refractivity contribution in [1.29, 1.82) is 0 Å². The van der Waals surface area contributed by atoms with Crippen LogP contribution >= 0.6 is 15.9 Å². The quantitative estimate of drug-likeness (QED) is 0.863. The zero-order chi connectivity index (χ0) is 16.8. The van der Waals surface area contributed by atoms with Crippen molar-refractivity contribution in [2.45, 2.75) is 18.2 Å². The number of carboxylic acid groups (broad SMARTS) is 1. The van der Waals surface area contributed by atoms with Gasteiger partial charge in [-0.05, 0) is 48.4 Å². The summed E-state index contributed by atoms with van der Waals surface area (Å²) in [5.41, 5.74) is -1.02. The number of carboxylic acids is 1. The summed E-state index contributed by atoms with van der Waals surface area (Å²) in [6.07, 6.45) is 0.322. The molecule has 0 saturated carbocycles. The Bertz CT molecular complexity index is 896. The van der Waals surface area contributed by atoms with Gasteiger partial charge in [-0.2, -0.15) is 4.31 Å². The van der Waals surface area contributed by atoms with Crippen molar-refractivity contribution >= 4 is 42.7 Å². The summed E-state index contributed by atoms with van der Waals surface area (Å²) in [6, 6.07) is 10.6. The second-order valence-corrected chi connectivity index (χ2v) is 8.96. The number of halogens is 1. The Morgan fingerprint density at radius 1 is 1.22 bits per heavy atom. The van der Waals surface area contributed by atoms with E-state index in [1.807, 2.05) is 18.2 Å². The fourth-order valence-corrected chi connectivity index (χ4v) is 4.78. The summed E-state index contributed by atoms with van der Waals surface area (Å²) < 4.78 is 27.8. The molecule has 0 bridgehead atoms. The highest BCUT2D eigenvalue weighted by Gasteiger charge is 2.44. The summed E-state index contributed by atoms with van der Waals surface area (Å²) in [5, 5.41) is 11.0. The van der Waals surface area contributed by atoms with Gasteiger partial charge in [-0.25, -0.2) is 8.42 Å². The predicted molar refractivity (Wildman–Crippen MR) is 90.8 cm³/mol. The second kappa shape index (κ2) is 5.58. The maximum Gasteiger partial charge on any atom is 0.310 e. The van der Waals surface area contributed by atoms with Crippen LogP contribution in [0.4, 0.5) is 0 Å². The molecule has 1 unspecified atom stereocenters. The molecule has 5 nitrogen and oxygen atoms in total. The monoisotopic (exact) mass is 397 g/mol. The van der Waals surface area contributed by atoms with Crippen LogP contribution in [-0.2, 0) is 14.8 Å². The first-order valence-electron chi connectivity index (χ1n) is 7.15. The number of fused-ring (bicyclic) bond motifs is 1. The SMILES string of the molecule is CC1(C(=O)O)CCN(S(=O)(=O)c2ccc3cc(Br)ccc3c2)C1. The summed E-state index contributed by atoms with van der Waals surface area (Å²) in [4.78, 5) is 11.5. The Hall–Kier alpha value is -1.44. The van der Waals surface area contributed by atoms with Gasteiger partial charge in [0, 0.05) is 17.6 Å². The normalized spacial score (nSPS) is 22.5. The first-order chi connectivity index (χ1) is 10.7. The summed E-state index contributed by atoms with van der Waals surface area (Å²) in [6.45, 7) is 1.81. The smallest absolute Gasteiger partial charge is 0.310 e. The fourth-order valence-electron chi connectivity index (χ4n) is 2.80. The lowest BCUT2D eigenvalue weighted by molar-refractivity contribution is -0.146. The lowest BCUT2D eigenvalue weighted by Gasteiger charge is -2.20. The second-order valence-electron chi connectivity index (χ2n) is 6.11. The standard InChI is InChI=1S/C16H16BrNO4S/c1-16(15(19)20)6-7-18(10-16)23(21,22)14-5-3-11-8-13(17)4-2-12(11)9-14/h2-5,8-9H,6-7,10H2,1H3,(H,19,20). The zero-order valence-corrected chi connectivity index (χ0v) is 14.9. The molecule has 1 N–H and O–H groups in total. The van der Waals surface area contributed by atoms with Crippen LogP contribution in [0.3, 0.4) is 0 Å². The van der Waals surface area contributed by atoms with Gasteiger partial charge >= 0.3 is 5.97 Å². The van der Waals surface area contributed by atoms with Crippen molar-refractivity contribution in [2.75, 3.05) is 13.1 Å². The Morgan fingerprint density at radius 3 is 2.52 bits per heavy atom. The van der Waals surface area contributed by atoms with Crippen LogP contribution < -0.4 is 0 Å². The van der Waals surface area contributed by atoms with E-state index in [0.29, 0.717) is 6.42 Å². The lowest BCUT2D eigenvalue weighted by Crippen LogP contribution is -2.34. The molecule has 2 aromatic rings. The van der Waals surface area contributed by atoms with Gasteiger partial charge in [-0.1, -0.05) is 28.1 Å². The van der Waals surface area contributed by atoms with E-state index in [9.17, 15) is 18.3 Å². The number of nitrogens with zero attached hydrogens (tertiary/aromatic N) is 1. The van der Waals surface area contributed by atoms with Crippen molar-refractivity contribution in [1.82, 2.24) is 4.31 Å². The molecule has 0 amide bonds. The van der Waals surface area contributed by atoms with E-state index in [-0.39, 0.29) is 18.0 Å². The van der Waals surface area contributed by atoms with Gasteiger partial charge in [0.15, 0.2) is 0 Å². The van der Waals surface area contributed by atoms with Gasteiger partial charge in [0.1, 0.15) is 0 Å². The zero-order valence-electron chi connectivity index (χ0n) is 12.5. The fraction of sp³-hybridized carbons (Fsp3) is 0.312. The minimum absolute atomic E-state index is 0.00302. The molecule has 1 saturated heterocycles. The van der Waals surface area contributed by atoms with E-state index < -0.39 is 21.4 Å². The van der Waals surface area contributed by atoms with Crippen LogP contribution in [0, 0.1) is 5.41 Å². The average molecular weight is 398 g/mol. The molecule has 1 heterocycles. The summed E-state index contributed by atoms with van der Waals surface area (Å²) in [7, 11) is -3.69. The van der Waals surface area contributed by atoms with Crippen LogP contribution in [0.25, 0.3) is 10.8 Å². The molecule has 1 atom stereocenters. The number of aliphatic carboxylic acids is 1. The number of sulfonamides is 1. The molecule has 7 heteroatoms. The third-order valence-electron chi connectivity index (χ3n) is 4.37. The Labute approximate surface area is 143 Å². The van der Waals surface area contributed by atoms with Crippen molar-refractivity contribution < 1.29 is 18.3 Å². The third kappa shape index (κ3) is 2.88. The molecule has 23 heavy (non-hydrogen) atoms. The Balaban J connectivity index is 1.97. The van der Waals surface area contributed by atoms with Crippen LogP contribution in [0.1, 0.15) is 13.3 Å². The summed E-state index contributed by atoms with van der Waals surface area (Å²) in [5.74, 6) is -0.960.